The van der Waals surface area contributed by atoms with Crippen LogP contribution in [0.3, 0.4) is 0 Å². The van der Waals surface area contributed by atoms with E-state index < -0.39 is 35.5 Å². The van der Waals surface area contributed by atoms with Crippen LogP contribution in [0, 0.1) is 29.1 Å². The second-order valence-corrected chi connectivity index (χ2v) is 13.3. The van der Waals surface area contributed by atoms with E-state index in [1.54, 1.807) is 6.08 Å². The Morgan fingerprint density at radius 2 is 1.78 bits per heavy atom. The van der Waals surface area contributed by atoms with Gasteiger partial charge in [0.25, 0.3) is 0 Å². The molecule has 4 N–H and O–H groups in total. The van der Waals surface area contributed by atoms with Crippen molar-refractivity contribution >= 4 is 5.97 Å². The Balaban J connectivity index is 1.16. The van der Waals surface area contributed by atoms with Crippen LogP contribution < -0.4 is 0 Å². The summed E-state index contributed by atoms with van der Waals surface area (Å²) in [6.45, 7) is 4.31. The Morgan fingerprint density at radius 3 is 2.54 bits per heavy atom. The van der Waals surface area contributed by atoms with Gasteiger partial charge in [-0.05, 0) is 81.1 Å². The molecule has 0 bridgehead atoms. The molecule has 3 heterocycles. The molecular formula is C28H40O9. The van der Waals surface area contributed by atoms with Crippen LogP contribution in [0.2, 0.25) is 0 Å². The number of aliphatic hydroxyl groups excluding tert-OH is 1. The van der Waals surface area contributed by atoms with E-state index >= 15 is 0 Å². The molecule has 0 aromatic heterocycles. The minimum Gasteiger partial charge on any atom is -0.458 e. The summed E-state index contributed by atoms with van der Waals surface area (Å²) in [4.78, 5) is 11.8. The second kappa shape index (κ2) is 7.99. The van der Waals surface area contributed by atoms with Crippen molar-refractivity contribution in [2.75, 3.05) is 6.61 Å². The number of aliphatic hydroxyl groups is 4. The molecule has 13 atom stereocenters. The number of rotatable bonds is 1. The van der Waals surface area contributed by atoms with E-state index in [0.717, 1.165) is 37.7 Å². The van der Waals surface area contributed by atoms with Crippen LogP contribution in [-0.4, -0.2) is 80.7 Å². The van der Waals surface area contributed by atoms with Gasteiger partial charge in [0.15, 0.2) is 0 Å². The number of hydrogen-bond acceptors (Lipinski definition) is 9. The summed E-state index contributed by atoms with van der Waals surface area (Å²) in [7, 11) is 0. The molecule has 4 saturated carbocycles. The molecule has 0 aromatic carbocycles. The van der Waals surface area contributed by atoms with Gasteiger partial charge in [-0.3, -0.25) is 0 Å². The molecule has 37 heavy (non-hydrogen) atoms. The third-order valence-corrected chi connectivity index (χ3v) is 11.8. The molecule has 0 aromatic rings. The summed E-state index contributed by atoms with van der Waals surface area (Å²) in [5.74, 6) is -2.30. The number of carbonyl (C=O) groups is 1. The zero-order chi connectivity index (χ0) is 26.0. The molecule has 6 fully saturated rings. The van der Waals surface area contributed by atoms with Gasteiger partial charge in [-0.25, -0.2) is 4.79 Å². The predicted molar refractivity (Wildman–Crippen MR) is 128 cm³/mol. The zero-order valence-electron chi connectivity index (χ0n) is 21.7. The quantitative estimate of drug-likeness (QED) is 0.300. The Bertz CT molecular complexity index is 1020. The Labute approximate surface area is 217 Å². The predicted octanol–water partition coefficient (Wildman–Crippen LogP) is 1.55. The van der Waals surface area contributed by atoms with E-state index in [0.29, 0.717) is 25.9 Å². The Morgan fingerprint density at radius 1 is 0.973 bits per heavy atom. The highest BCUT2D eigenvalue weighted by atomic mass is 16.8. The van der Waals surface area contributed by atoms with Crippen LogP contribution in [-0.2, 0) is 23.7 Å². The van der Waals surface area contributed by atoms with Crippen LogP contribution >= 0.6 is 0 Å². The third-order valence-electron chi connectivity index (χ3n) is 11.8. The molecule has 0 radical (unpaired) electrons. The molecule has 206 valence electrons. The first-order valence-electron chi connectivity index (χ1n) is 14.2. The average molecular weight is 521 g/mol. The summed E-state index contributed by atoms with van der Waals surface area (Å²) < 4.78 is 23.3. The maximum Gasteiger partial charge on any atom is 0.331 e. The van der Waals surface area contributed by atoms with Crippen LogP contribution in [0.25, 0.3) is 0 Å². The number of esters is 1. The molecule has 7 aliphatic rings. The van der Waals surface area contributed by atoms with E-state index in [2.05, 4.69) is 6.92 Å². The number of fused-ring (bicyclic) bond motifs is 7. The topological polar surface area (TPSA) is 135 Å². The summed E-state index contributed by atoms with van der Waals surface area (Å²) >= 11 is 0. The molecule has 0 amide bonds. The lowest BCUT2D eigenvalue weighted by Crippen LogP contribution is -2.72. The molecule has 7 rings (SSSR count). The molecule has 9 nitrogen and oxygen atoms in total. The van der Waals surface area contributed by atoms with Crippen molar-refractivity contribution in [2.45, 2.75) is 119 Å². The highest BCUT2D eigenvalue weighted by molar-refractivity contribution is 5.85. The fourth-order valence-corrected chi connectivity index (χ4v) is 9.87. The minimum atomic E-state index is -1.96. The minimum absolute atomic E-state index is 0.00412. The summed E-state index contributed by atoms with van der Waals surface area (Å²) in [6, 6.07) is 0. The van der Waals surface area contributed by atoms with Crippen LogP contribution in [0.1, 0.15) is 71.6 Å². The van der Waals surface area contributed by atoms with E-state index in [-0.39, 0.29) is 53.7 Å². The summed E-state index contributed by atoms with van der Waals surface area (Å²) in [6.07, 6.45) is 4.02. The smallest absolute Gasteiger partial charge is 0.331 e. The van der Waals surface area contributed by atoms with E-state index in [1.807, 2.05) is 6.92 Å². The van der Waals surface area contributed by atoms with Gasteiger partial charge in [-0.2, -0.15) is 0 Å². The lowest BCUT2D eigenvalue weighted by Gasteiger charge is -2.64. The van der Waals surface area contributed by atoms with Crippen molar-refractivity contribution in [1.29, 1.82) is 0 Å². The van der Waals surface area contributed by atoms with Crippen LogP contribution in [0.15, 0.2) is 11.6 Å². The highest BCUT2D eigenvalue weighted by Crippen LogP contribution is 2.68. The van der Waals surface area contributed by atoms with E-state index in [4.69, 9.17) is 18.9 Å². The lowest BCUT2D eigenvalue weighted by molar-refractivity contribution is -0.459. The standard InChI is InChI=1S/C28H40O9/c1-14-9-22(29)28(33)24(35-14)36-20-11-16-3-4-19-18(26(16,31)12-21(20)37-28)5-7-25(2)17(6-8-27(19,25)32)15-10-23(30)34-13-15/h10,14,16-22,24,29,31-33H,3-9,11-13H2,1-2H3/t14-,16+,17-,18+,19-,20-,21-,22+,24+,25-,26-,27+,28+/m1/s1. The van der Waals surface area contributed by atoms with Gasteiger partial charge in [-0.15, -0.1) is 0 Å². The molecule has 2 saturated heterocycles. The van der Waals surface area contributed by atoms with E-state index in [9.17, 15) is 25.2 Å². The first-order valence-corrected chi connectivity index (χ1v) is 14.2. The van der Waals surface area contributed by atoms with Crippen molar-refractivity contribution in [3.8, 4) is 0 Å². The highest BCUT2D eigenvalue weighted by Gasteiger charge is 2.70. The van der Waals surface area contributed by atoms with Crippen LogP contribution in [0.5, 0.6) is 0 Å². The maximum atomic E-state index is 12.3. The number of cyclic esters (lactones) is 1. The second-order valence-electron chi connectivity index (χ2n) is 13.3. The fourth-order valence-electron chi connectivity index (χ4n) is 9.87. The van der Waals surface area contributed by atoms with Gasteiger partial charge in [0.1, 0.15) is 12.7 Å². The van der Waals surface area contributed by atoms with Gasteiger partial charge < -0.3 is 39.4 Å². The summed E-state index contributed by atoms with van der Waals surface area (Å²) in [5, 5.41) is 46.5. The van der Waals surface area contributed by atoms with Gasteiger partial charge >= 0.3 is 5.97 Å². The Hall–Kier alpha value is -1.07. The zero-order valence-corrected chi connectivity index (χ0v) is 21.7. The maximum absolute atomic E-state index is 12.3. The molecule has 0 spiro atoms. The molecule has 0 unspecified atom stereocenters. The van der Waals surface area contributed by atoms with Gasteiger partial charge in [0.2, 0.25) is 12.1 Å². The van der Waals surface area contributed by atoms with Crippen molar-refractivity contribution in [3.63, 3.8) is 0 Å². The van der Waals surface area contributed by atoms with Gasteiger partial charge in [0, 0.05) is 24.3 Å². The normalized spacial score (nSPS) is 58.8. The van der Waals surface area contributed by atoms with E-state index in [1.165, 1.54) is 0 Å². The van der Waals surface area contributed by atoms with Crippen molar-refractivity contribution in [1.82, 2.24) is 0 Å². The molecular weight excluding hydrogens is 480 g/mol. The first kappa shape index (κ1) is 24.9. The molecule has 4 aliphatic carbocycles. The Kier molecular flexibility index (Phi) is 5.39. The number of carbonyl (C=O) groups excluding carboxylic acids is 1. The van der Waals surface area contributed by atoms with Crippen molar-refractivity contribution in [3.05, 3.63) is 11.6 Å². The molecule has 9 heteroatoms. The third kappa shape index (κ3) is 3.25. The van der Waals surface area contributed by atoms with Gasteiger partial charge in [0.05, 0.1) is 29.5 Å². The van der Waals surface area contributed by atoms with Crippen molar-refractivity contribution < 1.29 is 44.2 Å². The number of ether oxygens (including phenoxy) is 4. The fraction of sp³-hybridized carbons (Fsp3) is 0.893. The SMILES string of the molecule is C[C@@H]1C[C@H](O)[C@]2(O)O[C@@H]3C[C@@]4(O)[C@@H](CC[C@@H]5[C@@H]4CC[C@]4(C)[C@@H](C6=CC(=O)OC6)CC[C@]54O)C[C@H]3O[C@@H]2O1. The first-order chi connectivity index (χ1) is 17.5. The largest absolute Gasteiger partial charge is 0.458 e. The summed E-state index contributed by atoms with van der Waals surface area (Å²) in [5.41, 5.74) is -1.36. The average Bonchev–Trinajstić information content (AvgIpc) is 3.37. The van der Waals surface area contributed by atoms with Gasteiger partial charge in [-0.1, -0.05) is 6.92 Å². The lowest BCUT2D eigenvalue weighted by atomic mass is 9.46. The van der Waals surface area contributed by atoms with Crippen LogP contribution in [0.4, 0.5) is 0 Å². The van der Waals surface area contributed by atoms with Crippen molar-refractivity contribution in [2.24, 2.45) is 29.1 Å². The molecule has 3 aliphatic heterocycles. The number of hydrogen-bond donors (Lipinski definition) is 4. The monoisotopic (exact) mass is 520 g/mol.